The molecule has 1 aliphatic carbocycles. The summed E-state index contributed by atoms with van der Waals surface area (Å²) in [6, 6.07) is 11.9. The first-order valence-electron chi connectivity index (χ1n) is 10.4. The van der Waals surface area contributed by atoms with E-state index in [1.165, 1.54) is 10.4 Å². The summed E-state index contributed by atoms with van der Waals surface area (Å²) in [7, 11) is 0. The lowest BCUT2D eigenvalue weighted by molar-refractivity contribution is -0.137. The van der Waals surface area contributed by atoms with E-state index < -0.39 is 5.97 Å². The van der Waals surface area contributed by atoms with Crippen molar-refractivity contribution in [3.05, 3.63) is 58.1 Å². The quantitative estimate of drug-likeness (QED) is 0.562. The number of fused-ring (bicyclic) bond motifs is 2. The molecule has 1 aromatic heterocycles. The fourth-order valence-electron chi connectivity index (χ4n) is 4.27. The highest BCUT2D eigenvalue weighted by atomic mass is 32.1. The van der Waals surface area contributed by atoms with Gasteiger partial charge in [0, 0.05) is 16.9 Å². The summed E-state index contributed by atoms with van der Waals surface area (Å²) in [5, 5.41) is 10.0. The van der Waals surface area contributed by atoms with Gasteiger partial charge >= 0.3 is 5.97 Å². The van der Waals surface area contributed by atoms with Crippen LogP contribution >= 0.6 is 11.3 Å². The number of hydrogen-bond acceptors (Lipinski definition) is 6. The molecule has 31 heavy (non-hydrogen) atoms. The molecule has 2 heterocycles. The number of aliphatic carboxylic acids is 1. The number of aromatic nitrogens is 1. The molecule has 3 aromatic rings. The Morgan fingerprint density at radius 3 is 2.97 bits per heavy atom. The zero-order chi connectivity index (χ0) is 21.4. The van der Waals surface area contributed by atoms with Crippen molar-refractivity contribution < 1.29 is 24.1 Å². The van der Waals surface area contributed by atoms with Crippen molar-refractivity contribution >= 4 is 17.3 Å². The van der Waals surface area contributed by atoms with Gasteiger partial charge < -0.3 is 19.3 Å². The van der Waals surface area contributed by atoms with Gasteiger partial charge in [-0.1, -0.05) is 6.07 Å². The third-order valence-corrected chi connectivity index (χ3v) is 6.92. The molecular weight excluding hydrogens is 414 g/mol. The van der Waals surface area contributed by atoms with Crippen molar-refractivity contribution in [1.82, 2.24) is 4.98 Å². The van der Waals surface area contributed by atoms with Gasteiger partial charge in [-0.2, -0.15) is 0 Å². The molecule has 0 bridgehead atoms. The summed E-state index contributed by atoms with van der Waals surface area (Å²) < 4.78 is 16.8. The van der Waals surface area contributed by atoms with Crippen LogP contribution in [0.1, 0.15) is 40.5 Å². The average molecular weight is 438 g/mol. The number of aryl methyl sites for hydroxylation is 2. The van der Waals surface area contributed by atoms with Gasteiger partial charge in [0.15, 0.2) is 11.5 Å². The van der Waals surface area contributed by atoms with Crippen LogP contribution in [0.5, 0.6) is 17.2 Å². The Hall–Kier alpha value is -3.06. The molecule has 0 amide bonds. The largest absolute Gasteiger partial charge is 0.493 e. The van der Waals surface area contributed by atoms with Gasteiger partial charge in [0.05, 0.1) is 18.7 Å². The van der Waals surface area contributed by atoms with Crippen molar-refractivity contribution in [3.63, 3.8) is 0 Å². The minimum Gasteiger partial charge on any atom is -0.493 e. The van der Waals surface area contributed by atoms with Crippen LogP contribution in [-0.4, -0.2) is 29.5 Å². The fourth-order valence-corrected chi connectivity index (χ4v) is 5.23. The monoisotopic (exact) mass is 437 g/mol. The minimum absolute atomic E-state index is 0.119. The van der Waals surface area contributed by atoms with E-state index in [1.54, 1.807) is 11.3 Å². The molecule has 1 unspecified atom stereocenters. The molecule has 2 aliphatic rings. The van der Waals surface area contributed by atoms with Crippen molar-refractivity contribution in [3.8, 4) is 27.8 Å². The van der Waals surface area contributed by atoms with Crippen LogP contribution in [0.15, 0.2) is 36.4 Å². The Labute approximate surface area is 184 Å². The lowest BCUT2D eigenvalue weighted by Gasteiger charge is -2.10. The van der Waals surface area contributed by atoms with Crippen LogP contribution in [0.4, 0.5) is 0 Å². The minimum atomic E-state index is -0.739. The van der Waals surface area contributed by atoms with E-state index in [0.717, 1.165) is 58.3 Å². The highest BCUT2D eigenvalue weighted by Gasteiger charge is 2.25. The number of ether oxygens (including phenoxy) is 3. The molecule has 1 atom stereocenters. The third-order valence-electron chi connectivity index (χ3n) is 5.86. The summed E-state index contributed by atoms with van der Waals surface area (Å²) in [5.41, 5.74) is 4.43. The molecule has 0 radical (unpaired) electrons. The second kappa shape index (κ2) is 8.23. The number of rotatable bonds is 7. The van der Waals surface area contributed by atoms with Crippen molar-refractivity contribution in [2.75, 3.05) is 13.4 Å². The first kappa shape index (κ1) is 19.9. The zero-order valence-corrected chi connectivity index (χ0v) is 18.0. The second-order valence-electron chi connectivity index (χ2n) is 7.88. The summed E-state index contributed by atoms with van der Waals surface area (Å²) in [5.74, 6) is 1.75. The normalized spacial score (nSPS) is 16.4. The molecule has 1 N–H and O–H groups in total. The van der Waals surface area contributed by atoms with Gasteiger partial charge in [0.1, 0.15) is 10.8 Å². The summed E-state index contributed by atoms with van der Waals surface area (Å²) in [6.45, 7) is 2.89. The first-order valence-corrected chi connectivity index (χ1v) is 11.2. The summed E-state index contributed by atoms with van der Waals surface area (Å²) in [6.07, 6.45) is 2.73. The van der Waals surface area contributed by atoms with E-state index in [1.807, 2.05) is 30.3 Å². The standard InChI is InChI=1S/C24H23NO5S/c1-14-20(25-24(31-14)17-4-7-21-22(11-17)30-13-29-21)8-9-28-18-5-6-19-15(10-18)2-3-16(19)12-23(26)27/h4-7,10-11,16H,2-3,8-9,12-13H2,1H3,(H,26,27). The van der Waals surface area contributed by atoms with Gasteiger partial charge in [-0.05, 0) is 67.1 Å². The van der Waals surface area contributed by atoms with Gasteiger partial charge in [-0.15, -0.1) is 11.3 Å². The van der Waals surface area contributed by atoms with Gasteiger partial charge in [-0.3, -0.25) is 4.79 Å². The van der Waals surface area contributed by atoms with Crippen LogP contribution in [0.3, 0.4) is 0 Å². The average Bonchev–Trinajstić information content (AvgIpc) is 3.46. The number of carboxylic acid groups (broad SMARTS) is 1. The maximum atomic E-state index is 11.0. The Morgan fingerprint density at radius 1 is 1.23 bits per heavy atom. The number of carboxylic acids is 1. The van der Waals surface area contributed by atoms with Crippen molar-refractivity contribution in [2.45, 2.75) is 38.5 Å². The van der Waals surface area contributed by atoms with E-state index in [4.69, 9.17) is 24.3 Å². The topological polar surface area (TPSA) is 77.9 Å². The molecule has 0 spiro atoms. The highest BCUT2D eigenvalue weighted by Crippen LogP contribution is 2.38. The maximum Gasteiger partial charge on any atom is 0.303 e. The molecule has 2 aromatic carbocycles. The summed E-state index contributed by atoms with van der Waals surface area (Å²) in [4.78, 5) is 17.0. The van der Waals surface area contributed by atoms with Crippen molar-refractivity contribution in [2.24, 2.45) is 0 Å². The lowest BCUT2D eigenvalue weighted by Crippen LogP contribution is -2.04. The molecule has 7 heteroatoms. The number of thiazole rings is 1. The number of hydrogen-bond donors (Lipinski definition) is 1. The van der Waals surface area contributed by atoms with E-state index in [0.29, 0.717) is 6.61 Å². The molecule has 6 nitrogen and oxygen atoms in total. The highest BCUT2D eigenvalue weighted by molar-refractivity contribution is 7.15. The van der Waals surface area contributed by atoms with Crippen LogP contribution < -0.4 is 14.2 Å². The number of benzene rings is 2. The first-order chi connectivity index (χ1) is 15.1. The third kappa shape index (κ3) is 4.10. The smallest absolute Gasteiger partial charge is 0.303 e. The molecule has 5 rings (SSSR count). The van der Waals surface area contributed by atoms with E-state index in [9.17, 15) is 4.79 Å². The zero-order valence-electron chi connectivity index (χ0n) is 17.2. The van der Waals surface area contributed by atoms with Crippen molar-refractivity contribution in [1.29, 1.82) is 0 Å². The predicted octanol–water partition coefficient (Wildman–Crippen LogP) is 4.97. The molecule has 0 fully saturated rings. The molecule has 0 saturated carbocycles. The van der Waals surface area contributed by atoms with Crippen LogP contribution in [0.25, 0.3) is 10.6 Å². The Kier molecular flexibility index (Phi) is 5.28. The van der Waals surface area contributed by atoms with Gasteiger partial charge in [0.25, 0.3) is 0 Å². The van der Waals surface area contributed by atoms with Gasteiger partial charge in [-0.25, -0.2) is 4.98 Å². The Balaban J connectivity index is 1.22. The van der Waals surface area contributed by atoms with E-state index >= 15 is 0 Å². The second-order valence-corrected chi connectivity index (χ2v) is 9.09. The number of nitrogens with zero attached hydrogens (tertiary/aromatic N) is 1. The molecular formula is C24H23NO5S. The summed E-state index contributed by atoms with van der Waals surface area (Å²) >= 11 is 1.67. The lowest BCUT2D eigenvalue weighted by atomic mass is 9.98. The van der Waals surface area contributed by atoms with E-state index in [2.05, 4.69) is 13.0 Å². The molecule has 1 aliphatic heterocycles. The number of carbonyl (C=O) groups is 1. The van der Waals surface area contributed by atoms with E-state index in [-0.39, 0.29) is 19.1 Å². The maximum absolute atomic E-state index is 11.0. The molecule has 0 saturated heterocycles. The fraction of sp³-hybridized carbons (Fsp3) is 0.333. The predicted molar refractivity (Wildman–Crippen MR) is 117 cm³/mol. The SMILES string of the molecule is Cc1sc(-c2ccc3c(c2)OCO3)nc1CCOc1ccc2c(c1)CCC2CC(=O)O. The molecule has 160 valence electrons. The van der Waals surface area contributed by atoms with Crippen LogP contribution in [0, 0.1) is 6.92 Å². The van der Waals surface area contributed by atoms with Gasteiger partial charge in [0.2, 0.25) is 6.79 Å². The van der Waals surface area contributed by atoms with Crippen LogP contribution in [-0.2, 0) is 17.6 Å². The van der Waals surface area contributed by atoms with Crippen LogP contribution in [0.2, 0.25) is 0 Å². The Morgan fingerprint density at radius 2 is 2.10 bits per heavy atom. The Bertz CT molecular complexity index is 1140.